The molecular weight excluding hydrogens is 312 g/mol. The van der Waals surface area contributed by atoms with Crippen molar-refractivity contribution < 1.29 is 9.59 Å². The number of hydrogen-bond acceptors (Lipinski definition) is 2. The molecule has 0 aliphatic carbocycles. The van der Waals surface area contributed by atoms with Gasteiger partial charge in [-0.1, -0.05) is 44.2 Å². The standard InChI is InChI=1S/C21H26N2O2/c1-14(2)18-8-6-7-9-20(18)23(17(5)24)13-21(25)22-19-12-15(3)10-11-16(19)4/h6-12,14H,13H2,1-5H3,(H,22,25). The van der Waals surface area contributed by atoms with Gasteiger partial charge in [-0.3, -0.25) is 9.59 Å². The number of para-hydroxylation sites is 1. The largest absolute Gasteiger partial charge is 0.324 e. The summed E-state index contributed by atoms with van der Waals surface area (Å²) in [6.07, 6.45) is 0. The molecule has 0 spiro atoms. The Bertz CT molecular complexity index is 781. The first-order valence-electron chi connectivity index (χ1n) is 8.53. The van der Waals surface area contributed by atoms with E-state index in [1.54, 1.807) is 0 Å². The Hall–Kier alpha value is -2.62. The molecule has 0 radical (unpaired) electrons. The van der Waals surface area contributed by atoms with Crippen molar-refractivity contribution in [1.82, 2.24) is 0 Å². The van der Waals surface area contributed by atoms with Crippen LogP contribution in [0.15, 0.2) is 42.5 Å². The fourth-order valence-electron chi connectivity index (χ4n) is 2.79. The van der Waals surface area contributed by atoms with E-state index in [4.69, 9.17) is 0 Å². The minimum atomic E-state index is -0.206. The van der Waals surface area contributed by atoms with Crippen LogP contribution in [0.4, 0.5) is 11.4 Å². The molecule has 0 aliphatic rings. The van der Waals surface area contributed by atoms with Crippen LogP contribution in [0.3, 0.4) is 0 Å². The van der Waals surface area contributed by atoms with E-state index in [0.29, 0.717) is 0 Å². The van der Waals surface area contributed by atoms with E-state index in [1.807, 2.05) is 56.3 Å². The number of hydrogen-bond donors (Lipinski definition) is 1. The second kappa shape index (κ2) is 7.97. The summed E-state index contributed by atoms with van der Waals surface area (Å²) in [5.41, 5.74) is 4.70. The van der Waals surface area contributed by atoms with Gasteiger partial charge in [0.05, 0.1) is 0 Å². The number of amides is 2. The van der Waals surface area contributed by atoms with Gasteiger partial charge in [-0.25, -0.2) is 0 Å². The van der Waals surface area contributed by atoms with E-state index >= 15 is 0 Å². The quantitative estimate of drug-likeness (QED) is 0.877. The molecule has 0 saturated carbocycles. The van der Waals surface area contributed by atoms with Crippen molar-refractivity contribution >= 4 is 23.2 Å². The molecule has 4 heteroatoms. The number of aryl methyl sites for hydroxylation is 2. The summed E-state index contributed by atoms with van der Waals surface area (Å²) >= 11 is 0. The van der Waals surface area contributed by atoms with Gasteiger partial charge in [-0.2, -0.15) is 0 Å². The lowest BCUT2D eigenvalue weighted by molar-refractivity contribution is -0.120. The number of nitrogens with one attached hydrogen (secondary N) is 1. The van der Waals surface area contributed by atoms with Gasteiger partial charge in [0.1, 0.15) is 6.54 Å². The number of anilines is 2. The summed E-state index contributed by atoms with van der Waals surface area (Å²) in [7, 11) is 0. The topological polar surface area (TPSA) is 49.4 Å². The first-order chi connectivity index (χ1) is 11.8. The van der Waals surface area contributed by atoms with Gasteiger partial charge in [-0.15, -0.1) is 0 Å². The Labute approximate surface area is 149 Å². The van der Waals surface area contributed by atoms with Crippen molar-refractivity contribution in [2.45, 2.75) is 40.5 Å². The molecule has 2 aromatic rings. The van der Waals surface area contributed by atoms with Crippen molar-refractivity contribution in [1.29, 1.82) is 0 Å². The number of rotatable bonds is 5. The lowest BCUT2D eigenvalue weighted by atomic mass is 10.0. The summed E-state index contributed by atoms with van der Waals surface area (Å²) in [6.45, 7) is 9.57. The molecule has 0 fully saturated rings. The number of carbonyl (C=O) groups excluding carboxylic acids is 2. The van der Waals surface area contributed by atoms with E-state index in [2.05, 4.69) is 19.2 Å². The zero-order valence-electron chi connectivity index (χ0n) is 15.6. The Balaban J connectivity index is 2.24. The van der Waals surface area contributed by atoms with Crippen LogP contribution in [-0.2, 0) is 9.59 Å². The molecule has 0 heterocycles. The van der Waals surface area contributed by atoms with Gasteiger partial charge in [0.2, 0.25) is 11.8 Å². The van der Waals surface area contributed by atoms with Crippen LogP contribution >= 0.6 is 0 Å². The normalized spacial score (nSPS) is 10.6. The second-order valence-electron chi connectivity index (χ2n) is 6.69. The molecule has 0 unspecified atom stereocenters. The van der Waals surface area contributed by atoms with Crippen LogP contribution in [0.1, 0.15) is 43.4 Å². The fourth-order valence-corrected chi connectivity index (χ4v) is 2.79. The summed E-state index contributed by atoms with van der Waals surface area (Å²) in [5.74, 6) is -0.0909. The SMILES string of the molecule is CC(=O)N(CC(=O)Nc1cc(C)ccc1C)c1ccccc1C(C)C. The lowest BCUT2D eigenvalue weighted by Gasteiger charge is -2.25. The molecular formula is C21H26N2O2. The monoisotopic (exact) mass is 338 g/mol. The maximum atomic E-state index is 12.5. The van der Waals surface area contributed by atoms with E-state index in [1.165, 1.54) is 11.8 Å². The molecule has 0 aliphatic heterocycles. The summed E-state index contributed by atoms with van der Waals surface area (Å²) in [5, 5.41) is 2.92. The third-order valence-corrected chi connectivity index (χ3v) is 4.20. The number of nitrogens with zero attached hydrogens (tertiary/aromatic N) is 1. The maximum Gasteiger partial charge on any atom is 0.244 e. The average Bonchev–Trinajstić information content (AvgIpc) is 2.55. The predicted molar refractivity (Wildman–Crippen MR) is 103 cm³/mol. The molecule has 0 saturated heterocycles. The van der Waals surface area contributed by atoms with Crippen LogP contribution in [0.25, 0.3) is 0 Å². The van der Waals surface area contributed by atoms with Crippen molar-refractivity contribution in [2.24, 2.45) is 0 Å². The van der Waals surface area contributed by atoms with Gasteiger partial charge in [0.25, 0.3) is 0 Å². The van der Waals surface area contributed by atoms with Crippen molar-refractivity contribution in [3.8, 4) is 0 Å². The molecule has 2 amide bonds. The van der Waals surface area contributed by atoms with E-state index < -0.39 is 0 Å². The predicted octanol–water partition coefficient (Wildman–Crippen LogP) is 4.42. The van der Waals surface area contributed by atoms with Crippen molar-refractivity contribution in [3.63, 3.8) is 0 Å². The minimum Gasteiger partial charge on any atom is -0.324 e. The Morgan fingerprint density at radius 2 is 1.76 bits per heavy atom. The van der Waals surface area contributed by atoms with E-state index in [-0.39, 0.29) is 24.3 Å². The molecule has 25 heavy (non-hydrogen) atoms. The van der Waals surface area contributed by atoms with E-state index in [9.17, 15) is 9.59 Å². The molecule has 2 aromatic carbocycles. The van der Waals surface area contributed by atoms with Crippen LogP contribution in [0, 0.1) is 13.8 Å². The van der Waals surface area contributed by atoms with E-state index in [0.717, 1.165) is 28.1 Å². The Kier molecular flexibility index (Phi) is 5.97. The highest BCUT2D eigenvalue weighted by molar-refractivity contribution is 6.02. The van der Waals surface area contributed by atoms with Crippen LogP contribution in [0.5, 0.6) is 0 Å². The average molecular weight is 338 g/mol. The molecule has 0 bridgehead atoms. The molecule has 132 valence electrons. The van der Waals surface area contributed by atoms with Gasteiger partial charge in [-0.05, 0) is 48.6 Å². The fraction of sp³-hybridized carbons (Fsp3) is 0.333. The van der Waals surface area contributed by atoms with Crippen molar-refractivity contribution in [3.05, 3.63) is 59.2 Å². The highest BCUT2D eigenvalue weighted by atomic mass is 16.2. The van der Waals surface area contributed by atoms with Gasteiger partial charge in [0.15, 0.2) is 0 Å². The molecule has 2 rings (SSSR count). The third kappa shape index (κ3) is 4.69. The zero-order valence-corrected chi connectivity index (χ0v) is 15.6. The smallest absolute Gasteiger partial charge is 0.244 e. The zero-order chi connectivity index (χ0) is 18.6. The van der Waals surface area contributed by atoms with Gasteiger partial charge >= 0.3 is 0 Å². The van der Waals surface area contributed by atoms with Gasteiger partial charge in [0, 0.05) is 18.3 Å². The molecule has 1 N–H and O–H groups in total. The van der Waals surface area contributed by atoms with Crippen LogP contribution in [-0.4, -0.2) is 18.4 Å². The minimum absolute atomic E-state index is 0.00749. The Morgan fingerprint density at radius 3 is 2.40 bits per heavy atom. The van der Waals surface area contributed by atoms with Crippen LogP contribution < -0.4 is 10.2 Å². The van der Waals surface area contributed by atoms with Gasteiger partial charge < -0.3 is 10.2 Å². The number of carbonyl (C=O) groups is 2. The molecule has 4 nitrogen and oxygen atoms in total. The summed E-state index contributed by atoms with van der Waals surface area (Å²) in [6, 6.07) is 13.6. The molecule has 0 aromatic heterocycles. The first kappa shape index (κ1) is 18.7. The highest BCUT2D eigenvalue weighted by Crippen LogP contribution is 2.27. The van der Waals surface area contributed by atoms with Crippen molar-refractivity contribution in [2.75, 3.05) is 16.8 Å². The summed E-state index contributed by atoms with van der Waals surface area (Å²) in [4.78, 5) is 26.3. The molecule has 0 atom stereocenters. The lowest BCUT2D eigenvalue weighted by Crippen LogP contribution is -2.37. The number of benzene rings is 2. The second-order valence-corrected chi connectivity index (χ2v) is 6.69. The highest BCUT2D eigenvalue weighted by Gasteiger charge is 2.20. The first-order valence-corrected chi connectivity index (χ1v) is 8.53. The maximum absolute atomic E-state index is 12.5. The Morgan fingerprint density at radius 1 is 1.08 bits per heavy atom. The van der Waals surface area contributed by atoms with Crippen LogP contribution in [0.2, 0.25) is 0 Å². The third-order valence-electron chi connectivity index (χ3n) is 4.20. The summed E-state index contributed by atoms with van der Waals surface area (Å²) < 4.78 is 0.